The minimum absolute atomic E-state index is 0. The molecule has 1 aromatic rings. The van der Waals surface area contributed by atoms with Crippen molar-refractivity contribution < 1.29 is 9.53 Å². The van der Waals surface area contributed by atoms with E-state index in [1.54, 1.807) is 4.90 Å². The molecule has 0 spiro atoms. The van der Waals surface area contributed by atoms with E-state index in [4.69, 9.17) is 10.6 Å². The lowest BCUT2D eigenvalue weighted by Crippen LogP contribution is -2.23. The average Bonchev–Trinajstić information content (AvgIpc) is 2.66. The van der Waals surface area contributed by atoms with Crippen LogP contribution in [0.2, 0.25) is 0 Å². The normalized spacial score (nSPS) is 14.3. The van der Waals surface area contributed by atoms with Crippen molar-refractivity contribution in [3.63, 3.8) is 0 Å². The summed E-state index contributed by atoms with van der Waals surface area (Å²) in [6.07, 6.45) is -0.240. The molecule has 0 bridgehead atoms. The van der Waals surface area contributed by atoms with Crippen LogP contribution in [-0.2, 0) is 11.3 Å². The molecule has 1 saturated heterocycles. The minimum Gasteiger partial charge on any atom is -0.448 e. The SMILES string of the molecule is Cl.NNc1ccc(CN2CCOC2=O)cc1. The highest BCUT2D eigenvalue weighted by atomic mass is 35.5. The molecule has 2 rings (SSSR count). The Balaban J connectivity index is 0.00000128. The maximum Gasteiger partial charge on any atom is 0.410 e. The quantitative estimate of drug-likeness (QED) is 0.621. The van der Waals surface area contributed by atoms with Crippen molar-refractivity contribution in [2.45, 2.75) is 6.54 Å². The molecule has 1 amide bonds. The third-order valence-corrected chi connectivity index (χ3v) is 2.34. The van der Waals surface area contributed by atoms with Crippen molar-refractivity contribution in [1.82, 2.24) is 4.90 Å². The third-order valence-electron chi connectivity index (χ3n) is 2.34. The monoisotopic (exact) mass is 243 g/mol. The topological polar surface area (TPSA) is 67.6 Å². The van der Waals surface area contributed by atoms with Gasteiger partial charge < -0.3 is 15.1 Å². The molecule has 1 fully saturated rings. The Morgan fingerprint density at radius 2 is 2.06 bits per heavy atom. The standard InChI is InChI=1S/C10H13N3O2.ClH/c11-12-9-3-1-8(2-4-9)7-13-5-6-15-10(13)14;/h1-4,12H,5-7,11H2;1H. The zero-order chi connectivity index (χ0) is 10.7. The lowest BCUT2D eigenvalue weighted by Gasteiger charge is -2.12. The fourth-order valence-corrected chi connectivity index (χ4v) is 1.50. The highest BCUT2D eigenvalue weighted by molar-refractivity contribution is 5.85. The number of hydrogen-bond donors (Lipinski definition) is 2. The number of hydrogen-bond acceptors (Lipinski definition) is 4. The fraction of sp³-hybridized carbons (Fsp3) is 0.300. The van der Waals surface area contributed by atoms with Crippen LogP contribution >= 0.6 is 12.4 Å². The molecule has 1 aliphatic rings. The number of nitrogens with one attached hydrogen (secondary N) is 1. The minimum atomic E-state index is -0.240. The summed E-state index contributed by atoms with van der Waals surface area (Å²) >= 11 is 0. The van der Waals surface area contributed by atoms with Crippen molar-refractivity contribution in [3.05, 3.63) is 29.8 Å². The molecule has 6 heteroatoms. The molecule has 1 heterocycles. The van der Waals surface area contributed by atoms with E-state index >= 15 is 0 Å². The lowest BCUT2D eigenvalue weighted by atomic mass is 10.2. The van der Waals surface area contributed by atoms with Crippen molar-refractivity contribution >= 4 is 24.2 Å². The van der Waals surface area contributed by atoms with Gasteiger partial charge in [0.15, 0.2) is 0 Å². The zero-order valence-electron chi connectivity index (χ0n) is 8.68. The Kier molecular flexibility index (Phi) is 4.39. The molecule has 0 atom stereocenters. The van der Waals surface area contributed by atoms with E-state index in [0.717, 1.165) is 11.3 Å². The van der Waals surface area contributed by atoms with E-state index in [1.807, 2.05) is 24.3 Å². The number of rotatable bonds is 3. The lowest BCUT2D eigenvalue weighted by molar-refractivity contribution is 0.157. The smallest absolute Gasteiger partial charge is 0.410 e. The highest BCUT2D eigenvalue weighted by Gasteiger charge is 2.21. The molecule has 16 heavy (non-hydrogen) atoms. The van der Waals surface area contributed by atoms with Gasteiger partial charge in [0.2, 0.25) is 0 Å². The number of nitrogens with zero attached hydrogens (tertiary/aromatic N) is 1. The molecule has 3 N–H and O–H groups in total. The average molecular weight is 244 g/mol. The summed E-state index contributed by atoms with van der Waals surface area (Å²) in [5, 5.41) is 0. The second-order valence-electron chi connectivity index (χ2n) is 3.38. The maximum absolute atomic E-state index is 11.2. The van der Waals surface area contributed by atoms with Crippen LogP contribution in [0.3, 0.4) is 0 Å². The Morgan fingerprint density at radius 1 is 1.38 bits per heavy atom. The third kappa shape index (κ3) is 2.77. The number of nitrogen functional groups attached to an aromatic ring is 1. The first-order valence-electron chi connectivity index (χ1n) is 4.77. The van der Waals surface area contributed by atoms with Gasteiger partial charge in [-0.25, -0.2) is 4.79 Å². The summed E-state index contributed by atoms with van der Waals surface area (Å²) in [5.41, 5.74) is 4.46. The first kappa shape index (κ1) is 12.6. The van der Waals surface area contributed by atoms with Gasteiger partial charge in [-0.3, -0.25) is 5.84 Å². The van der Waals surface area contributed by atoms with Crippen LogP contribution in [0.1, 0.15) is 5.56 Å². The van der Waals surface area contributed by atoms with Gasteiger partial charge in [-0.05, 0) is 17.7 Å². The van der Waals surface area contributed by atoms with Gasteiger partial charge in [0.05, 0.1) is 6.54 Å². The number of anilines is 1. The molecule has 1 aliphatic heterocycles. The van der Waals surface area contributed by atoms with Crippen LogP contribution < -0.4 is 11.3 Å². The summed E-state index contributed by atoms with van der Waals surface area (Å²) in [7, 11) is 0. The Morgan fingerprint density at radius 3 is 2.56 bits per heavy atom. The molecule has 5 nitrogen and oxygen atoms in total. The molecule has 0 radical (unpaired) electrons. The first-order chi connectivity index (χ1) is 7.29. The van der Waals surface area contributed by atoms with E-state index in [9.17, 15) is 4.79 Å². The molecule has 0 aliphatic carbocycles. The van der Waals surface area contributed by atoms with Crippen molar-refractivity contribution in [1.29, 1.82) is 0 Å². The summed E-state index contributed by atoms with van der Waals surface area (Å²) in [6.45, 7) is 1.74. The van der Waals surface area contributed by atoms with Gasteiger partial charge in [-0.15, -0.1) is 12.4 Å². The second-order valence-corrected chi connectivity index (χ2v) is 3.38. The molecule has 88 valence electrons. The molecule has 0 unspecified atom stereocenters. The van der Waals surface area contributed by atoms with Crippen LogP contribution in [-0.4, -0.2) is 24.1 Å². The predicted molar refractivity (Wildman–Crippen MR) is 63.3 cm³/mol. The number of carbonyl (C=O) groups excluding carboxylic acids is 1. The van der Waals surface area contributed by atoms with Gasteiger partial charge in [-0.1, -0.05) is 12.1 Å². The summed E-state index contributed by atoms with van der Waals surface area (Å²) < 4.78 is 4.84. The fourth-order valence-electron chi connectivity index (χ4n) is 1.50. The molecule has 0 aromatic heterocycles. The maximum atomic E-state index is 11.2. The number of halogens is 1. The van der Waals surface area contributed by atoms with Gasteiger partial charge in [-0.2, -0.15) is 0 Å². The number of hydrazine groups is 1. The number of ether oxygens (including phenoxy) is 1. The second kappa shape index (κ2) is 5.58. The van der Waals surface area contributed by atoms with Crippen LogP contribution in [0, 0.1) is 0 Å². The number of amides is 1. The number of carbonyl (C=O) groups is 1. The van der Waals surface area contributed by atoms with E-state index in [-0.39, 0.29) is 18.5 Å². The Labute approximate surface area is 99.9 Å². The highest BCUT2D eigenvalue weighted by Crippen LogP contribution is 2.13. The van der Waals surface area contributed by atoms with Crippen LogP contribution in [0.4, 0.5) is 10.5 Å². The first-order valence-corrected chi connectivity index (χ1v) is 4.77. The van der Waals surface area contributed by atoms with Gasteiger partial charge in [0.25, 0.3) is 0 Å². The van der Waals surface area contributed by atoms with Crippen LogP contribution in [0.25, 0.3) is 0 Å². The molecular formula is C10H14ClN3O2. The van der Waals surface area contributed by atoms with E-state index in [2.05, 4.69) is 5.43 Å². The van der Waals surface area contributed by atoms with Gasteiger partial charge in [0.1, 0.15) is 6.61 Å². The number of cyclic esters (lactones) is 1. The van der Waals surface area contributed by atoms with Crippen molar-refractivity contribution in [2.24, 2.45) is 5.84 Å². The number of nitrogens with two attached hydrogens (primary N) is 1. The van der Waals surface area contributed by atoms with Crippen LogP contribution in [0.5, 0.6) is 0 Å². The molecule has 1 aromatic carbocycles. The predicted octanol–water partition coefficient (Wildman–Crippen LogP) is 1.35. The summed E-state index contributed by atoms with van der Waals surface area (Å²) in [4.78, 5) is 12.8. The van der Waals surface area contributed by atoms with Crippen molar-refractivity contribution in [2.75, 3.05) is 18.6 Å². The van der Waals surface area contributed by atoms with E-state index < -0.39 is 0 Å². The summed E-state index contributed by atoms with van der Waals surface area (Å²) in [6, 6.07) is 7.61. The van der Waals surface area contributed by atoms with Crippen LogP contribution in [0.15, 0.2) is 24.3 Å². The molecular weight excluding hydrogens is 230 g/mol. The van der Waals surface area contributed by atoms with E-state index in [1.165, 1.54) is 0 Å². The van der Waals surface area contributed by atoms with Gasteiger partial charge in [0, 0.05) is 12.2 Å². The Hall–Kier alpha value is -1.46. The van der Waals surface area contributed by atoms with Gasteiger partial charge >= 0.3 is 6.09 Å². The Bertz CT molecular complexity index is 356. The largest absolute Gasteiger partial charge is 0.448 e. The van der Waals surface area contributed by atoms with E-state index in [0.29, 0.717) is 19.7 Å². The van der Waals surface area contributed by atoms with Crippen molar-refractivity contribution in [3.8, 4) is 0 Å². The zero-order valence-corrected chi connectivity index (χ0v) is 9.50. The molecule has 0 saturated carbocycles. The summed E-state index contributed by atoms with van der Waals surface area (Å²) in [5.74, 6) is 5.25. The number of benzene rings is 1.